The monoisotopic (exact) mass is 608 g/mol. The van der Waals surface area contributed by atoms with Crippen molar-refractivity contribution in [3.8, 4) is 0 Å². The minimum Gasteiger partial charge on any atom is -0.0786 e. The van der Waals surface area contributed by atoms with E-state index in [0.717, 1.165) is 0 Å². The summed E-state index contributed by atoms with van der Waals surface area (Å²) >= 11 is 12.6. The number of thioether (sulfide) groups is 4. The molecule has 0 radical (unpaired) electrons. The smallest absolute Gasteiger partial charge is 0.0711 e. The van der Waals surface area contributed by atoms with Crippen LogP contribution in [0.3, 0.4) is 0 Å². The van der Waals surface area contributed by atoms with Crippen molar-refractivity contribution in [1.29, 1.82) is 0 Å². The van der Waals surface area contributed by atoms with Crippen molar-refractivity contribution in [1.82, 2.24) is 0 Å². The van der Waals surface area contributed by atoms with Gasteiger partial charge in [0.1, 0.15) is 0 Å². The maximum absolute atomic E-state index is 2.47. The Kier molecular flexibility index (Phi) is 6.00. The normalized spacial score (nSPS) is 21.1. The second-order valence-corrected chi connectivity index (χ2v) is 13.1. The third kappa shape index (κ3) is 3.78. The predicted octanol–water partition coefficient (Wildman–Crippen LogP) is 8.60. The number of hydrogen-bond donors (Lipinski definition) is 0. The van der Waals surface area contributed by atoms with E-state index < -0.39 is 0 Å². The summed E-state index contributed by atoms with van der Waals surface area (Å²) in [6.45, 7) is 0. The molecule has 0 aromatic heterocycles. The van der Waals surface area contributed by atoms with Gasteiger partial charge in [-0.2, -0.15) is 0 Å². The Hall–Kier alpha value is 0.520. The molecule has 0 saturated heterocycles. The van der Waals surface area contributed by atoms with Gasteiger partial charge in [-0.15, -0.1) is 0 Å². The van der Waals surface area contributed by atoms with E-state index in [-0.39, 0.29) is 0 Å². The maximum Gasteiger partial charge on any atom is 0.0711 e. The van der Waals surface area contributed by atoms with E-state index in [1.54, 1.807) is 0 Å². The molecule has 0 fully saturated rings. The molecular weight excluding hydrogens is 598 g/mol. The zero-order valence-electron chi connectivity index (χ0n) is 12.2. The van der Waals surface area contributed by atoms with E-state index in [2.05, 4.69) is 106 Å². The molecule has 0 nitrogen and oxygen atoms in total. The Balaban J connectivity index is 1.59. The Morgan fingerprint density at radius 3 is 1.25 bits per heavy atom. The second kappa shape index (κ2) is 8.04. The first-order valence-electron chi connectivity index (χ1n) is 7.08. The number of benzene rings is 2. The van der Waals surface area contributed by atoms with Gasteiger partial charge in [-0.25, -0.2) is 0 Å². The first kappa shape index (κ1) is 17.9. The minimum absolute atomic E-state index is 1.31. The topological polar surface area (TPSA) is 0 Å². The first-order chi connectivity index (χ1) is 11.7. The van der Waals surface area contributed by atoms with Gasteiger partial charge >= 0.3 is 0 Å². The molecule has 6 heteroatoms. The summed E-state index contributed by atoms with van der Waals surface area (Å²) in [6.07, 6.45) is 0. The number of hydrogen-bond acceptors (Lipinski definition) is 4. The van der Waals surface area contributed by atoms with E-state index in [0.29, 0.717) is 0 Å². The molecule has 2 aromatic rings. The summed E-state index contributed by atoms with van der Waals surface area (Å²) in [5.74, 6) is 0. The quantitative estimate of drug-likeness (QED) is 0.313. The van der Waals surface area contributed by atoms with Gasteiger partial charge in [0, 0.05) is 9.81 Å². The lowest BCUT2D eigenvalue weighted by Crippen LogP contribution is -1.76. The molecule has 0 bridgehead atoms. The summed E-state index contributed by atoms with van der Waals surface area (Å²) in [7, 11) is 0. The average Bonchev–Trinajstić information content (AvgIpc) is 3.19. The van der Waals surface area contributed by atoms with Crippen LogP contribution in [-0.4, -0.2) is 0 Å². The van der Waals surface area contributed by atoms with Gasteiger partial charge in [0.2, 0.25) is 0 Å². The zero-order valence-corrected chi connectivity index (χ0v) is 19.7. The number of rotatable bonds is 2. The van der Waals surface area contributed by atoms with Gasteiger partial charge in [-0.1, -0.05) is 108 Å². The van der Waals surface area contributed by atoms with Crippen molar-refractivity contribution in [2.45, 2.75) is 0 Å². The van der Waals surface area contributed by atoms with Gasteiger partial charge < -0.3 is 0 Å². The fourth-order valence-electron chi connectivity index (χ4n) is 2.25. The van der Waals surface area contributed by atoms with Gasteiger partial charge in [-0.05, 0) is 56.3 Å². The molecule has 0 saturated carbocycles. The fraction of sp³-hybridized carbons (Fsp3) is 0. The zero-order chi connectivity index (χ0) is 16.5. The third-order valence-corrected chi connectivity index (χ3v) is 11.9. The Labute approximate surface area is 186 Å². The molecule has 0 N–H and O–H groups in total. The van der Waals surface area contributed by atoms with Crippen molar-refractivity contribution >= 4 is 102 Å². The predicted molar refractivity (Wildman–Crippen MR) is 132 cm³/mol. The largest absolute Gasteiger partial charge is 0.0786 e. The molecule has 0 spiro atoms. The van der Waals surface area contributed by atoms with E-state index in [4.69, 9.17) is 0 Å². The van der Waals surface area contributed by atoms with E-state index in [1.807, 2.05) is 47.0 Å². The first-order valence-corrected chi connectivity index (χ1v) is 12.5. The molecule has 0 amide bonds. The molecular formula is C18H10I2S4. The molecule has 0 aliphatic carbocycles. The lowest BCUT2D eigenvalue weighted by Gasteiger charge is -2.04. The molecule has 0 unspecified atom stereocenters. The van der Waals surface area contributed by atoms with Gasteiger partial charge in [0.25, 0.3) is 0 Å². The highest BCUT2D eigenvalue weighted by molar-refractivity contribution is 14.1. The van der Waals surface area contributed by atoms with Crippen LogP contribution in [0.15, 0.2) is 75.0 Å². The lowest BCUT2D eigenvalue weighted by atomic mass is 10.2. The molecule has 24 heavy (non-hydrogen) atoms. The summed E-state index contributed by atoms with van der Waals surface area (Å²) < 4.78 is 5.56. The van der Waals surface area contributed by atoms with Crippen molar-refractivity contribution in [2.24, 2.45) is 0 Å². The van der Waals surface area contributed by atoms with Crippen LogP contribution in [-0.2, 0) is 0 Å². The van der Waals surface area contributed by atoms with Crippen LogP contribution in [0.5, 0.6) is 0 Å². The highest BCUT2D eigenvalue weighted by Gasteiger charge is 2.29. The molecule has 120 valence electrons. The van der Waals surface area contributed by atoms with Crippen molar-refractivity contribution in [3.63, 3.8) is 0 Å². The van der Waals surface area contributed by atoms with E-state index in [9.17, 15) is 0 Å². The minimum atomic E-state index is 1.31. The molecule has 2 aliphatic rings. The van der Waals surface area contributed by atoms with Crippen LogP contribution in [0.25, 0.3) is 9.81 Å². The molecule has 2 aromatic carbocycles. The molecule has 2 aliphatic heterocycles. The lowest BCUT2D eigenvalue weighted by molar-refractivity contribution is 1.66. The van der Waals surface area contributed by atoms with Crippen molar-refractivity contribution in [2.75, 3.05) is 0 Å². The van der Waals surface area contributed by atoms with Gasteiger partial charge in [0.05, 0.1) is 14.3 Å². The summed E-state index contributed by atoms with van der Waals surface area (Å²) in [4.78, 5) is 2.76. The fourth-order valence-corrected chi connectivity index (χ4v) is 10.7. The number of halogens is 2. The summed E-state index contributed by atoms with van der Waals surface area (Å²) in [5, 5.41) is 0. The average molecular weight is 608 g/mol. The third-order valence-electron chi connectivity index (χ3n) is 3.35. The maximum atomic E-state index is 2.47. The Morgan fingerprint density at radius 2 is 0.875 bits per heavy atom. The van der Waals surface area contributed by atoms with Crippen LogP contribution in [0.4, 0.5) is 0 Å². The molecule has 0 atom stereocenters. The standard InChI is InChI=1S/C18H10I2S4/c19-15-13(11-7-3-1-4-8-11)21-17(23-15)18-22-14(16(20)24-18)12-9-5-2-6-10-12/h1-10H. The van der Waals surface area contributed by atoms with Crippen LogP contribution >= 0.6 is 92.2 Å². The highest BCUT2D eigenvalue weighted by atomic mass is 127. The summed E-state index contributed by atoms with van der Waals surface area (Å²) in [5.41, 5.74) is 2.63. The second-order valence-electron chi connectivity index (χ2n) is 4.92. The van der Waals surface area contributed by atoms with E-state index >= 15 is 0 Å². The van der Waals surface area contributed by atoms with Crippen molar-refractivity contribution < 1.29 is 0 Å². The molecule has 4 rings (SSSR count). The summed E-state index contributed by atoms with van der Waals surface area (Å²) in [6, 6.07) is 21.4. The Bertz CT molecular complexity index is 797. The van der Waals surface area contributed by atoms with Crippen LogP contribution < -0.4 is 0 Å². The molecule has 2 heterocycles. The van der Waals surface area contributed by atoms with E-state index in [1.165, 1.54) is 35.2 Å². The van der Waals surface area contributed by atoms with Crippen LogP contribution in [0, 0.1) is 0 Å². The van der Waals surface area contributed by atoms with Crippen LogP contribution in [0.2, 0.25) is 0 Å². The highest BCUT2D eigenvalue weighted by Crippen LogP contribution is 2.65. The van der Waals surface area contributed by atoms with Gasteiger partial charge in [0.15, 0.2) is 0 Å². The van der Waals surface area contributed by atoms with Crippen molar-refractivity contribution in [3.05, 3.63) is 86.1 Å². The van der Waals surface area contributed by atoms with Crippen LogP contribution in [0.1, 0.15) is 11.1 Å². The Morgan fingerprint density at radius 1 is 0.500 bits per heavy atom. The van der Waals surface area contributed by atoms with Gasteiger partial charge in [-0.3, -0.25) is 0 Å². The SMILES string of the molecule is IC1=C(c2ccccc2)SC(=C2SC(I)=C(c3ccccc3)S2)S1.